The van der Waals surface area contributed by atoms with Gasteiger partial charge in [0.1, 0.15) is 5.60 Å². The molecule has 1 fully saturated rings. The molecule has 18 heavy (non-hydrogen) atoms. The highest BCUT2D eigenvalue weighted by Gasteiger charge is 2.35. The molecule has 0 spiro atoms. The van der Waals surface area contributed by atoms with Crippen molar-refractivity contribution in [1.29, 1.82) is 0 Å². The number of hydrogen-bond acceptors (Lipinski definition) is 3. The van der Waals surface area contributed by atoms with Crippen molar-refractivity contribution in [3.05, 3.63) is 9.78 Å². The molecular weight excluding hydrogens is 343 g/mol. The molecule has 2 rings (SSSR count). The summed E-state index contributed by atoms with van der Waals surface area (Å²) in [4.78, 5) is 18.5. The van der Waals surface area contributed by atoms with E-state index in [1.165, 1.54) is 0 Å². The molecular formula is C13H19IN2O2. The molecule has 2 aliphatic heterocycles. The molecule has 0 aliphatic carbocycles. The van der Waals surface area contributed by atoms with E-state index in [1.54, 1.807) is 0 Å². The highest BCUT2D eigenvalue weighted by Crippen LogP contribution is 2.27. The van der Waals surface area contributed by atoms with E-state index in [4.69, 9.17) is 4.74 Å². The molecule has 0 N–H and O–H groups in total. The quantitative estimate of drug-likeness (QED) is 0.529. The van der Waals surface area contributed by atoms with Gasteiger partial charge >= 0.3 is 6.09 Å². The van der Waals surface area contributed by atoms with Gasteiger partial charge in [-0.1, -0.05) is 0 Å². The van der Waals surface area contributed by atoms with Crippen LogP contribution in [0.3, 0.4) is 0 Å². The number of carbonyl (C=O) groups excluding carboxylic acids is 1. The van der Waals surface area contributed by atoms with E-state index in [9.17, 15) is 4.79 Å². The first-order chi connectivity index (χ1) is 8.37. The van der Waals surface area contributed by atoms with Crippen LogP contribution in [0.2, 0.25) is 0 Å². The molecule has 1 atom stereocenters. The molecule has 2 aliphatic rings. The van der Waals surface area contributed by atoms with E-state index in [1.807, 2.05) is 25.7 Å². The smallest absolute Gasteiger partial charge is 0.410 e. The van der Waals surface area contributed by atoms with Crippen molar-refractivity contribution < 1.29 is 9.53 Å². The first-order valence-electron chi connectivity index (χ1n) is 6.29. The summed E-state index contributed by atoms with van der Waals surface area (Å²) in [5.74, 6) is 0. The third kappa shape index (κ3) is 3.24. The fourth-order valence-corrected chi connectivity index (χ4v) is 2.81. The lowest BCUT2D eigenvalue weighted by molar-refractivity contribution is 0.0265. The second kappa shape index (κ2) is 5.19. The van der Waals surface area contributed by atoms with Gasteiger partial charge in [-0.05, 0) is 62.3 Å². The van der Waals surface area contributed by atoms with Crippen LogP contribution in [0.25, 0.3) is 0 Å². The SMILES string of the molecule is CC(C)(C)OC(=O)N1CCCC1C1=NC(I)=CC1. The van der Waals surface area contributed by atoms with E-state index in [0.717, 1.165) is 35.2 Å². The second-order valence-electron chi connectivity index (χ2n) is 5.67. The lowest BCUT2D eigenvalue weighted by atomic mass is 10.1. The van der Waals surface area contributed by atoms with E-state index < -0.39 is 5.60 Å². The molecule has 0 aromatic heterocycles. The Morgan fingerprint density at radius 3 is 2.83 bits per heavy atom. The van der Waals surface area contributed by atoms with Gasteiger partial charge in [0.15, 0.2) is 0 Å². The van der Waals surface area contributed by atoms with Crippen LogP contribution >= 0.6 is 22.6 Å². The fraction of sp³-hybridized carbons (Fsp3) is 0.692. The van der Waals surface area contributed by atoms with Crippen LogP contribution in [0.4, 0.5) is 4.79 Å². The zero-order valence-corrected chi connectivity index (χ0v) is 13.2. The predicted octanol–water partition coefficient (Wildman–Crippen LogP) is 3.51. The van der Waals surface area contributed by atoms with E-state index in [0.29, 0.717) is 0 Å². The minimum atomic E-state index is -0.436. The molecule has 0 aromatic rings. The average Bonchev–Trinajstić information content (AvgIpc) is 2.81. The summed E-state index contributed by atoms with van der Waals surface area (Å²) in [7, 11) is 0. The van der Waals surface area contributed by atoms with E-state index in [2.05, 4.69) is 33.7 Å². The molecule has 4 nitrogen and oxygen atoms in total. The third-order valence-electron chi connectivity index (χ3n) is 3.00. The Labute approximate surface area is 122 Å². The van der Waals surface area contributed by atoms with Crippen molar-refractivity contribution in [3.63, 3.8) is 0 Å². The van der Waals surface area contributed by atoms with Crippen LogP contribution in [0, 0.1) is 0 Å². The van der Waals surface area contributed by atoms with Crippen LogP contribution < -0.4 is 0 Å². The fourth-order valence-electron chi connectivity index (χ4n) is 2.28. The van der Waals surface area contributed by atoms with Crippen molar-refractivity contribution >= 4 is 34.4 Å². The Kier molecular flexibility index (Phi) is 3.99. The molecule has 1 saturated heterocycles. The van der Waals surface area contributed by atoms with Gasteiger partial charge in [0.05, 0.1) is 9.75 Å². The first kappa shape index (κ1) is 13.8. The summed E-state index contributed by atoms with van der Waals surface area (Å²) in [5, 5.41) is 0. The molecule has 5 heteroatoms. The summed E-state index contributed by atoms with van der Waals surface area (Å²) in [6, 6.07) is 0.128. The third-order valence-corrected chi connectivity index (χ3v) is 3.68. The minimum Gasteiger partial charge on any atom is -0.444 e. The van der Waals surface area contributed by atoms with E-state index >= 15 is 0 Å². The number of halogens is 1. The van der Waals surface area contributed by atoms with Gasteiger partial charge in [-0.25, -0.2) is 9.79 Å². The number of hydrogen-bond donors (Lipinski definition) is 0. The zero-order valence-electron chi connectivity index (χ0n) is 11.1. The van der Waals surface area contributed by atoms with Gasteiger partial charge in [0, 0.05) is 18.7 Å². The van der Waals surface area contributed by atoms with Gasteiger partial charge in [-0.2, -0.15) is 0 Å². The van der Waals surface area contributed by atoms with Crippen LogP contribution in [-0.4, -0.2) is 34.9 Å². The number of rotatable bonds is 1. The lowest BCUT2D eigenvalue weighted by Crippen LogP contribution is -2.43. The van der Waals surface area contributed by atoms with Crippen molar-refractivity contribution in [2.24, 2.45) is 4.99 Å². The monoisotopic (exact) mass is 362 g/mol. The molecule has 1 amide bonds. The minimum absolute atomic E-state index is 0.128. The number of aliphatic imine (C=N–C) groups is 1. The highest BCUT2D eigenvalue weighted by atomic mass is 127. The van der Waals surface area contributed by atoms with E-state index in [-0.39, 0.29) is 12.1 Å². The maximum Gasteiger partial charge on any atom is 0.410 e. The number of carbonyl (C=O) groups is 1. The van der Waals surface area contributed by atoms with Gasteiger partial charge < -0.3 is 4.74 Å². The number of amides is 1. The van der Waals surface area contributed by atoms with Gasteiger partial charge in [0.25, 0.3) is 0 Å². The van der Waals surface area contributed by atoms with Gasteiger partial charge in [-0.3, -0.25) is 4.90 Å². The number of likely N-dealkylation sites (tertiary alicyclic amines) is 1. The number of nitrogens with zero attached hydrogens (tertiary/aromatic N) is 2. The Morgan fingerprint density at radius 2 is 2.28 bits per heavy atom. The summed E-state index contributed by atoms with van der Waals surface area (Å²) < 4.78 is 6.48. The molecule has 1 unspecified atom stereocenters. The molecule has 0 radical (unpaired) electrons. The topological polar surface area (TPSA) is 41.9 Å². The van der Waals surface area contributed by atoms with Crippen LogP contribution in [0.15, 0.2) is 14.8 Å². The van der Waals surface area contributed by atoms with Gasteiger partial charge in [-0.15, -0.1) is 0 Å². The second-order valence-corrected chi connectivity index (χ2v) is 6.77. The number of ether oxygens (including phenoxy) is 1. The average molecular weight is 362 g/mol. The van der Waals surface area contributed by atoms with Crippen molar-refractivity contribution in [3.8, 4) is 0 Å². The molecule has 2 heterocycles. The predicted molar refractivity (Wildman–Crippen MR) is 80.1 cm³/mol. The summed E-state index contributed by atoms with van der Waals surface area (Å²) >= 11 is 2.22. The van der Waals surface area contributed by atoms with Crippen LogP contribution in [0.1, 0.15) is 40.0 Å². The van der Waals surface area contributed by atoms with Crippen molar-refractivity contribution in [2.75, 3.05) is 6.54 Å². The van der Waals surface area contributed by atoms with Crippen LogP contribution in [-0.2, 0) is 4.74 Å². The van der Waals surface area contributed by atoms with Crippen molar-refractivity contribution in [1.82, 2.24) is 4.90 Å². The summed E-state index contributed by atoms with van der Waals surface area (Å²) in [6.45, 7) is 6.46. The molecule has 100 valence electrons. The Hall–Kier alpha value is -0.590. The highest BCUT2D eigenvalue weighted by molar-refractivity contribution is 14.1. The Bertz CT molecular complexity index is 410. The summed E-state index contributed by atoms with van der Waals surface area (Å²) in [6.07, 6.45) is 4.77. The Balaban J connectivity index is 2.04. The van der Waals surface area contributed by atoms with Crippen LogP contribution in [0.5, 0.6) is 0 Å². The lowest BCUT2D eigenvalue weighted by Gasteiger charge is -2.28. The Morgan fingerprint density at radius 1 is 1.56 bits per heavy atom. The van der Waals surface area contributed by atoms with Crippen molar-refractivity contribution in [2.45, 2.75) is 51.7 Å². The normalized spacial score (nSPS) is 24.0. The maximum absolute atomic E-state index is 12.1. The molecule has 0 saturated carbocycles. The maximum atomic E-state index is 12.1. The molecule has 0 aromatic carbocycles. The van der Waals surface area contributed by atoms with Gasteiger partial charge in [0.2, 0.25) is 0 Å². The number of allylic oxidation sites excluding steroid dienone is 1. The first-order valence-corrected chi connectivity index (χ1v) is 7.37. The standard InChI is InChI=1S/C13H19IN2O2/c1-13(2,3)18-12(17)16-8-4-5-10(16)9-6-7-11(14)15-9/h7,10H,4-6,8H2,1-3H3. The molecule has 0 bridgehead atoms. The summed E-state index contributed by atoms with van der Waals surface area (Å²) in [5.41, 5.74) is 0.664. The zero-order chi connectivity index (χ0) is 13.3. The largest absolute Gasteiger partial charge is 0.444 e.